The van der Waals surface area contributed by atoms with Gasteiger partial charge in [0.15, 0.2) is 0 Å². The van der Waals surface area contributed by atoms with Crippen LogP contribution in [0, 0.1) is 13.8 Å². The fraction of sp³-hybridized carbons (Fsp3) is 0.125. The van der Waals surface area contributed by atoms with E-state index in [4.69, 9.17) is 46.4 Å². The number of carbonyl (C=O) groups excluding carboxylic acids is 2. The minimum atomic E-state index is -1.48. The monoisotopic (exact) mass is 570 g/mol. The SMILES string of the molecule is Cc1ccc(NC(=O)CSc2ccc(NC(=O)c3c(Cl)c(Cl)c(Cl)c(Cl)c3C(=O)O)cc2)c(C)c1. The number of hydrogen-bond acceptors (Lipinski definition) is 4. The van der Waals surface area contributed by atoms with Crippen LogP contribution in [0.2, 0.25) is 20.1 Å². The summed E-state index contributed by atoms with van der Waals surface area (Å²) in [6.07, 6.45) is 0. The van der Waals surface area contributed by atoms with Gasteiger partial charge in [-0.25, -0.2) is 4.79 Å². The van der Waals surface area contributed by atoms with Crippen molar-refractivity contribution in [3.05, 3.63) is 84.8 Å². The average molecular weight is 572 g/mol. The zero-order chi connectivity index (χ0) is 25.9. The molecule has 11 heteroatoms. The van der Waals surface area contributed by atoms with E-state index < -0.39 is 23.0 Å². The molecule has 3 aromatic rings. The van der Waals surface area contributed by atoms with E-state index in [1.165, 1.54) is 11.8 Å². The molecule has 0 bridgehead atoms. The molecule has 0 spiro atoms. The van der Waals surface area contributed by atoms with Crippen molar-refractivity contribution in [2.45, 2.75) is 18.7 Å². The Morgan fingerprint density at radius 2 is 1.43 bits per heavy atom. The second-order valence-electron chi connectivity index (χ2n) is 7.44. The highest BCUT2D eigenvalue weighted by Crippen LogP contribution is 2.41. The number of amides is 2. The van der Waals surface area contributed by atoms with Gasteiger partial charge in [0.2, 0.25) is 5.91 Å². The molecule has 35 heavy (non-hydrogen) atoms. The Hall–Kier alpha value is -2.42. The molecule has 0 aliphatic rings. The van der Waals surface area contributed by atoms with Gasteiger partial charge in [-0.1, -0.05) is 64.1 Å². The molecule has 0 saturated heterocycles. The third-order valence-electron chi connectivity index (χ3n) is 4.85. The highest BCUT2D eigenvalue weighted by Gasteiger charge is 2.28. The van der Waals surface area contributed by atoms with Crippen molar-refractivity contribution >= 4 is 87.3 Å². The second-order valence-corrected chi connectivity index (χ2v) is 10.0. The Kier molecular flexibility index (Phi) is 8.96. The standard InChI is InChI=1S/C24H18Cl4N2O4S/c1-11-3-8-15(12(2)9-11)30-16(31)10-35-14-6-4-13(5-7-14)29-23(32)17-18(24(33)34)20(26)22(28)21(27)19(17)25/h3-9H,10H2,1-2H3,(H,29,32)(H,30,31)(H,33,34). The molecule has 0 heterocycles. The summed E-state index contributed by atoms with van der Waals surface area (Å²) in [5.41, 5.74) is 2.28. The van der Waals surface area contributed by atoms with E-state index in [9.17, 15) is 19.5 Å². The second kappa shape index (κ2) is 11.5. The number of carboxylic acids is 1. The zero-order valence-corrected chi connectivity index (χ0v) is 22.2. The minimum Gasteiger partial charge on any atom is -0.478 e. The number of carboxylic acid groups (broad SMARTS) is 1. The van der Waals surface area contributed by atoms with Crippen molar-refractivity contribution in [3.63, 3.8) is 0 Å². The van der Waals surface area contributed by atoms with Gasteiger partial charge in [0.1, 0.15) is 0 Å². The molecule has 0 aliphatic heterocycles. The summed E-state index contributed by atoms with van der Waals surface area (Å²) in [4.78, 5) is 37.6. The number of thioether (sulfide) groups is 1. The molecular formula is C24H18Cl4N2O4S. The largest absolute Gasteiger partial charge is 0.478 e. The molecule has 0 fully saturated rings. The first-order chi connectivity index (χ1) is 16.5. The third kappa shape index (κ3) is 6.42. The number of aryl methyl sites for hydroxylation is 2. The quantitative estimate of drug-likeness (QED) is 0.154. The number of rotatable bonds is 7. The first-order valence-corrected chi connectivity index (χ1v) is 12.5. The number of aromatic carboxylic acids is 1. The molecule has 3 rings (SSSR count). The van der Waals surface area contributed by atoms with Crippen molar-refractivity contribution in [3.8, 4) is 0 Å². The predicted octanol–water partition coefficient (Wildman–Crippen LogP) is 7.60. The molecule has 3 aromatic carbocycles. The lowest BCUT2D eigenvalue weighted by Crippen LogP contribution is -2.18. The third-order valence-corrected chi connectivity index (χ3v) is 7.66. The van der Waals surface area contributed by atoms with E-state index in [0.717, 1.165) is 21.7 Å². The molecule has 182 valence electrons. The summed E-state index contributed by atoms with van der Waals surface area (Å²) >= 11 is 25.4. The van der Waals surface area contributed by atoms with E-state index in [1.54, 1.807) is 24.3 Å². The van der Waals surface area contributed by atoms with E-state index in [-0.39, 0.29) is 31.8 Å². The summed E-state index contributed by atoms with van der Waals surface area (Å²) < 4.78 is 0. The normalized spacial score (nSPS) is 10.7. The number of halogens is 4. The number of anilines is 2. The summed E-state index contributed by atoms with van der Waals surface area (Å²) in [7, 11) is 0. The van der Waals surface area contributed by atoms with Crippen molar-refractivity contribution in [2.75, 3.05) is 16.4 Å². The molecule has 6 nitrogen and oxygen atoms in total. The summed E-state index contributed by atoms with van der Waals surface area (Å²) in [5, 5.41) is 13.8. The number of nitrogens with one attached hydrogen (secondary N) is 2. The van der Waals surface area contributed by atoms with Crippen LogP contribution in [0.3, 0.4) is 0 Å². The maximum absolute atomic E-state index is 12.8. The topological polar surface area (TPSA) is 95.5 Å². The number of carbonyl (C=O) groups is 3. The van der Waals surface area contributed by atoms with Crippen LogP contribution < -0.4 is 10.6 Å². The molecule has 0 aliphatic carbocycles. The molecule has 0 saturated carbocycles. The van der Waals surface area contributed by atoms with Crippen molar-refractivity contribution in [1.29, 1.82) is 0 Å². The predicted molar refractivity (Wildman–Crippen MR) is 143 cm³/mol. The van der Waals surface area contributed by atoms with Gasteiger partial charge in [0, 0.05) is 16.3 Å². The highest BCUT2D eigenvalue weighted by atomic mass is 35.5. The van der Waals surface area contributed by atoms with Crippen LogP contribution in [0.4, 0.5) is 11.4 Å². The highest BCUT2D eigenvalue weighted by molar-refractivity contribution is 8.00. The summed E-state index contributed by atoms with van der Waals surface area (Å²) in [6.45, 7) is 3.92. The molecular weight excluding hydrogens is 554 g/mol. The first kappa shape index (κ1) is 27.2. The van der Waals surface area contributed by atoms with Crippen LogP contribution in [0.25, 0.3) is 0 Å². The maximum atomic E-state index is 12.8. The molecule has 0 radical (unpaired) electrons. The van der Waals surface area contributed by atoms with E-state index in [0.29, 0.717) is 5.69 Å². The van der Waals surface area contributed by atoms with E-state index in [1.807, 2.05) is 32.0 Å². The zero-order valence-electron chi connectivity index (χ0n) is 18.3. The van der Waals surface area contributed by atoms with Crippen molar-refractivity contribution < 1.29 is 19.5 Å². The van der Waals surface area contributed by atoms with E-state index in [2.05, 4.69) is 10.6 Å². The minimum absolute atomic E-state index is 0.147. The van der Waals surface area contributed by atoms with Gasteiger partial charge < -0.3 is 15.7 Å². The van der Waals surface area contributed by atoms with Gasteiger partial charge in [0.05, 0.1) is 37.0 Å². The van der Waals surface area contributed by atoms with Crippen molar-refractivity contribution in [2.24, 2.45) is 0 Å². The summed E-state index contributed by atoms with van der Waals surface area (Å²) in [6, 6.07) is 12.4. The summed E-state index contributed by atoms with van der Waals surface area (Å²) in [5.74, 6) is -2.25. The van der Waals surface area contributed by atoms with Crippen LogP contribution in [0.1, 0.15) is 31.8 Å². The molecule has 2 amide bonds. The van der Waals surface area contributed by atoms with Gasteiger partial charge in [-0.05, 0) is 49.7 Å². The fourth-order valence-electron chi connectivity index (χ4n) is 3.16. The van der Waals surface area contributed by atoms with E-state index >= 15 is 0 Å². The number of hydrogen-bond donors (Lipinski definition) is 3. The van der Waals surface area contributed by atoms with Gasteiger partial charge in [-0.15, -0.1) is 11.8 Å². The Labute approximate surface area is 225 Å². The molecule has 3 N–H and O–H groups in total. The van der Waals surface area contributed by atoms with Gasteiger partial charge in [0.25, 0.3) is 5.91 Å². The van der Waals surface area contributed by atoms with Crippen molar-refractivity contribution in [1.82, 2.24) is 0 Å². The van der Waals surface area contributed by atoms with Gasteiger partial charge in [-0.2, -0.15) is 0 Å². The molecule has 0 aromatic heterocycles. The van der Waals surface area contributed by atoms with Crippen LogP contribution in [-0.4, -0.2) is 28.6 Å². The van der Waals surface area contributed by atoms with Gasteiger partial charge >= 0.3 is 5.97 Å². The van der Waals surface area contributed by atoms with Crippen LogP contribution in [0.5, 0.6) is 0 Å². The first-order valence-electron chi connectivity index (χ1n) is 10.00. The van der Waals surface area contributed by atoms with Gasteiger partial charge in [-0.3, -0.25) is 9.59 Å². The molecule has 0 unspecified atom stereocenters. The lowest BCUT2D eigenvalue weighted by atomic mass is 10.1. The lowest BCUT2D eigenvalue weighted by Gasteiger charge is -2.14. The Balaban J connectivity index is 1.67. The lowest BCUT2D eigenvalue weighted by molar-refractivity contribution is -0.113. The average Bonchev–Trinajstić information content (AvgIpc) is 2.81. The van der Waals surface area contributed by atoms with Crippen LogP contribution >= 0.6 is 58.2 Å². The number of benzene rings is 3. The smallest absolute Gasteiger partial charge is 0.338 e. The Morgan fingerprint density at radius 3 is 2.00 bits per heavy atom. The Bertz CT molecular complexity index is 1330. The van der Waals surface area contributed by atoms with Crippen LogP contribution in [-0.2, 0) is 4.79 Å². The maximum Gasteiger partial charge on any atom is 0.338 e. The fourth-order valence-corrected chi connectivity index (χ4v) is 4.88. The van der Waals surface area contributed by atoms with Crippen LogP contribution in [0.15, 0.2) is 47.4 Å². The Morgan fingerprint density at radius 1 is 0.829 bits per heavy atom. The molecule has 0 atom stereocenters.